The molecular weight excluding hydrogens is 338 g/mol. The van der Waals surface area contributed by atoms with Gasteiger partial charge in [0.2, 0.25) is 5.91 Å². The minimum atomic E-state index is -1.01. The van der Waals surface area contributed by atoms with Crippen molar-refractivity contribution in [2.75, 3.05) is 12.8 Å². The number of fused-ring (bicyclic) bond motifs is 1. The van der Waals surface area contributed by atoms with Crippen LogP contribution in [-0.2, 0) is 17.8 Å². The summed E-state index contributed by atoms with van der Waals surface area (Å²) >= 11 is 1.84. The number of aromatic carboxylic acids is 1. The Morgan fingerprint density at radius 2 is 2.04 bits per heavy atom. The highest BCUT2D eigenvalue weighted by atomic mass is 32.2. The van der Waals surface area contributed by atoms with Crippen LogP contribution in [0.2, 0.25) is 0 Å². The van der Waals surface area contributed by atoms with Crippen LogP contribution in [0.15, 0.2) is 41.3 Å². The summed E-state index contributed by atoms with van der Waals surface area (Å²) in [5.74, 6) is 1.26. The Bertz CT molecular complexity index is 834. The smallest absolute Gasteiger partial charge is 0.335 e. The van der Waals surface area contributed by atoms with Gasteiger partial charge >= 0.3 is 5.97 Å². The minimum Gasteiger partial charge on any atom is -0.478 e. The maximum Gasteiger partial charge on any atom is 0.335 e. The van der Waals surface area contributed by atoms with Gasteiger partial charge in [0.25, 0.3) is 0 Å². The molecule has 3 rings (SSSR count). The Balaban J connectivity index is 1.91. The van der Waals surface area contributed by atoms with Crippen LogP contribution in [0.1, 0.15) is 28.4 Å². The van der Waals surface area contributed by atoms with Crippen molar-refractivity contribution in [3.63, 3.8) is 0 Å². The number of rotatable bonds is 5. The van der Waals surface area contributed by atoms with E-state index in [9.17, 15) is 14.7 Å². The number of carbonyl (C=O) groups is 2. The summed E-state index contributed by atoms with van der Waals surface area (Å²) in [4.78, 5) is 25.6. The van der Waals surface area contributed by atoms with E-state index < -0.39 is 5.97 Å². The van der Waals surface area contributed by atoms with Crippen molar-refractivity contribution in [3.8, 4) is 11.5 Å². The van der Waals surface area contributed by atoms with Crippen LogP contribution in [0.5, 0.6) is 11.5 Å². The number of ether oxygens (including phenoxy) is 1. The average Bonchev–Trinajstić information content (AvgIpc) is 3.03. The zero-order chi connectivity index (χ0) is 18.0. The number of benzene rings is 2. The summed E-state index contributed by atoms with van der Waals surface area (Å²) in [6.07, 6.45) is 1.02. The Kier molecular flexibility index (Phi) is 4.99. The number of thioether (sulfide) groups is 1. The maximum absolute atomic E-state index is 11.5. The molecule has 1 N–H and O–H groups in total. The fourth-order valence-electron chi connectivity index (χ4n) is 2.66. The highest BCUT2D eigenvalue weighted by Crippen LogP contribution is 2.35. The summed E-state index contributed by atoms with van der Waals surface area (Å²) in [7, 11) is 1.67. The number of carboxylic acid groups (broad SMARTS) is 1. The van der Waals surface area contributed by atoms with E-state index in [1.165, 1.54) is 28.3 Å². The molecule has 0 unspecified atom stereocenters. The van der Waals surface area contributed by atoms with Gasteiger partial charge in [-0.1, -0.05) is 0 Å². The number of aryl methyl sites for hydroxylation is 1. The molecule has 0 saturated carbocycles. The van der Waals surface area contributed by atoms with Crippen LogP contribution < -0.4 is 4.74 Å². The van der Waals surface area contributed by atoms with Crippen LogP contribution in [0, 0.1) is 0 Å². The lowest BCUT2D eigenvalue weighted by molar-refractivity contribution is -0.128. The number of nitrogens with zero attached hydrogens (tertiary/aromatic N) is 1. The van der Waals surface area contributed by atoms with Gasteiger partial charge in [-0.05, 0) is 48.4 Å². The van der Waals surface area contributed by atoms with E-state index in [0.717, 1.165) is 17.9 Å². The number of hydrogen-bond acceptors (Lipinski definition) is 4. The first-order chi connectivity index (χ1) is 11.9. The second kappa shape index (κ2) is 7.19. The second-order valence-corrected chi connectivity index (χ2v) is 7.11. The number of amides is 1. The summed E-state index contributed by atoms with van der Waals surface area (Å²) in [6.45, 7) is 1.76. The van der Waals surface area contributed by atoms with Gasteiger partial charge < -0.3 is 14.7 Å². The van der Waals surface area contributed by atoms with Crippen molar-refractivity contribution in [3.05, 3.63) is 53.1 Å². The molecule has 1 aliphatic rings. The third-order valence-electron chi connectivity index (χ3n) is 4.14. The first-order valence-corrected chi connectivity index (χ1v) is 8.94. The Hall–Kier alpha value is -2.47. The van der Waals surface area contributed by atoms with Gasteiger partial charge in [-0.3, -0.25) is 4.79 Å². The number of hydrogen-bond donors (Lipinski definition) is 1. The summed E-state index contributed by atoms with van der Waals surface area (Å²) < 4.78 is 6.01. The van der Waals surface area contributed by atoms with Gasteiger partial charge in [0.15, 0.2) is 0 Å². The van der Waals surface area contributed by atoms with Gasteiger partial charge in [-0.25, -0.2) is 4.79 Å². The molecular formula is C19H19NO4S. The van der Waals surface area contributed by atoms with Crippen molar-refractivity contribution in [2.45, 2.75) is 24.8 Å². The molecule has 0 aliphatic carbocycles. The highest BCUT2D eigenvalue weighted by Gasteiger charge is 2.16. The summed E-state index contributed by atoms with van der Waals surface area (Å²) in [5, 5.41) is 9.22. The van der Waals surface area contributed by atoms with Gasteiger partial charge in [-0.2, -0.15) is 0 Å². The van der Waals surface area contributed by atoms with Gasteiger partial charge in [0.1, 0.15) is 11.5 Å². The van der Waals surface area contributed by atoms with E-state index in [2.05, 4.69) is 6.07 Å². The maximum atomic E-state index is 11.5. The lowest BCUT2D eigenvalue weighted by Gasteiger charge is -2.18. The monoisotopic (exact) mass is 357 g/mol. The second-order valence-electron chi connectivity index (χ2n) is 5.97. The van der Waals surface area contributed by atoms with Crippen LogP contribution in [0.4, 0.5) is 0 Å². The first kappa shape index (κ1) is 17.4. The average molecular weight is 357 g/mol. The SMILES string of the molecule is CC(=O)N(C)Cc1cc(C(=O)O)ccc1Oc1ccc2c(c1)CCS2. The topological polar surface area (TPSA) is 66.8 Å². The molecule has 0 aromatic heterocycles. The fourth-order valence-corrected chi connectivity index (χ4v) is 3.71. The highest BCUT2D eigenvalue weighted by molar-refractivity contribution is 7.99. The fraction of sp³-hybridized carbons (Fsp3) is 0.263. The molecule has 2 aromatic carbocycles. The van der Waals surface area contributed by atoms with E-state index in [1.807, 2.05) is 23.9 Å². The van der Waals surface area contributed by atoms with E-state index in [4.69, 9.17) is 4.74 Å². The number of carbonyl (C=O) groups excluding carboxylic acids is 1. The van der Waals surface area contributed by atoms with Crippen molar-refractivity contribution in [2.24, 2.45) is 0 Å². The molecule has 0 atom stereocenters. The van der Waals surface area contributed by atoms with Crippen molar-refractivity contribution in [1.29, 1.82) is 0 Å². The Morgan fingerprint density at radius 3 is 2.76 bits per heavy atom. The molecule has 1 aliphatic heterocycles. The van der Waals surface area contributed by atoms with Crippen LogP contribution in [0.3, 0.4) is 0 Å². The van der Waals surface area contributed by atoms with E-state index in [1.54, 1.807) is 19.2 Å². The molecule has 1 heterocycles. The summed E-state index contributed by atoms with van der Waals surface area (Å²) in [6, 6.07) is 10.7. The zero-order valence-electron chi connectivity index (χ0n) is 14.1. The zero-order valence-corrected chi connectivity index (χ0v) is 14.9. The molecule has 25 heavy (non-hydrogen) atoms. The van der Waals surface area contributed by atoms with Crippen LogP contribution in [0.25, 0.3) is 0 Å². The van der Waals surface area contributed by atoms with Crippen LogP contribution in [-0.4, -0.2) is 34.7 Å². The van der Waals surface area contributed by atoms with Crippen molar-refractivity contribution in [1.82, 2.24) is 4.90 Å². The van der Waals surface area contributed by atoms with E-state index in [-0.39, 0.29) is 18.0 Å². The Labute approximate surface area is 150 Å². The lowest BCUT2D eigenvalue weighted by Crippen LogP contribution is -2.23. The lowest BCUT2D eigenvalue weighted by atomic mass is 10.1. The predicted octanol–water partition coefficient (Wildman–Crippen LogP) is 3.80. The normalized spacial score (nSPS) is 12.6. The quantitative estimate of drug-likeness (QED) is 0.881. The molecule has 0 bridgehead atoms. The molecule has 6 heteroatoms. The Morgan fingerprint density at radius 1 is 1.24 bits per heavy atom. The predicted molar refractivity (Wildman–Crippen MR) is 96.5 cm³/mol. The molecule has 5 nitrogen and oxygen atoms in total. The molecule has 0 saturated heterocycles. The van der Waals surface area contributed by atoms with Crippen LogP contribution >= 0.6 is 11.8 Å². The molecule has 130 valence electrons. The van der Waals surface area contributed by atoms with Gasteiger partial charge in [0.05, 0.1) is 5.56 Å². The minimum absolute atomic E-state index is 0.0961. The van der Waals surface area contributed by atoms with Crippen molar-refractivity contribution >= 4 is 23.6 Å². The molecule has 0 radical (unpaired) electrons. The molecule has 1 amide bonds. The third-order valence-corrected chi connectivity index (χ3v) is 5.26. The van der Waals surface area contributed by atoms with Gasteiger partial charge in [-0.15, -0.1) is 11.8 Å². The van der Waals surface area contributed by atoms with Crippen molar-refractivity contribution < 1.29 is 19.4 Å². The third kappa shape index (κ3) is 3.96. The first-order valence-electron chi connectivity index (χ1n) is 7.95. The van der Waals surface area contributed by atoms with E-state index >= 15 is 0 Å². The molecule has 2 aromatic rings. The standard InChI is InChI=1S/C19H19NO4S/c1-12(21)20(2)11-15-9-14(19(22)23)3-5-17(15)24-16-4-6-18-13(10-16)7-8-25-18/h3-6,9-10H,7-8,11H2,1-2H3,(H,22,23). The van der Waals surface area contributed by atoms with Gasteiger partial charge in [0, 0.05) is 36.7 Å². The number of carboxylic acids is 1. The molecule has 0 spiro atoms. The summed E-state index contributed by atoms with van der Waals surface area (Å²) in [5.41, 5.74) is 2.10. The van der Waals surface area contributed by atoms with E-state index in [0.29, 0.717) is 11.3 Å². The largest absolute Gasteiger partial charge is 0.478 e. The molecule has 0 fully saturated rings.